The number of hydrogen-bond donors (Lipinski definition) is 2. The highest BCUT2D eigenvalue weighted by molar-refractivity contribution is 6.30. The largest absolute Gasteiger partial charge is 0.495 e. The van der Waals surface area contributed by atoms with Gasteiger partial charge >= 0.3 is 6.03 Å². The first kappa shape index (κ1) is 12.3. The van der Waals surface area contributed by atoms with Gasteiger partial charge in [-0.05, 0) is 18.2 Å². The SMILES string of the molecule is COc1ccc(Cl)cc1C#CC1NC(=O)NC1=O. The van der Waals surface area contributed by atoms with Crippen molar-refractivity contribution in [2.24, 2.45) is 0 Å². The number of nitrogens with one attached hydrogen (secondary N) is 2. The molecule has 1 fully saturated rings. The van der Waals surface area contributed by atoms with E-state index in [2.05, 4.69) is 22.5 Å². The molecule has 0 aliphatic carbocycles. The lowest BCUT2D eigenvalue weighted by Gasteiger charge is -2.03. The number of hydrogen-bond acceptors (Lipinski definition) is 3. The summed E-state index contributed by atoms with van der Waals surface area (Å²) >= 11 is 5.85. The van der Waals surface area contributed by atoms with Crippen LogP contribution in [0.3, 0.4) is 0 Å². The van der Waals surface area contributed by atoms with Crippen LogP contribution in [0.1, 0.15) is 5.56 Å². The van der Waals surface area contributed by atoms with Gasteiger partial charge in [-0.15, -0.1) is 0 Å². The third-order valence-corrected chi connectivity index (χ3v) is 2.52. The standard InChI is InChI=1S/C12H9ClN2O3/c1-18-10-5-3-8(13)6-7(10)2-4-9-11(16)15-12(17)14-9/h3,5-6,9H,1H3,(H2,14,15,16,17). The fraction of sp³-hybridized carbons (Fsp3) is 0.167. The quantitative estimate of drug-likeness (QED) is 0.585. The van der Waals surface area contributed by atoms with Gasteiger partial charge in [-0.2, -0.15) is 0 Å². The number of urea groups is 1. The molecule has 0 saturated carbocycles. The predicted molar refractivity (Wildman–Crippen MR) is 65.3 cm³/mol. The first-order valence-electron chi connectivity index (χ1n) is 5.06. The minimum atomic E-state index is -0.846. The van der Waals surface area contributed by atoms with Crippen LogP contribution in [0.5, 0.6) is 5.75 Å². The summed E-state index contributed by atoms with van der Waals surface area (Å²) in [6.45, 7) is 0. The molecule has 5 nitrogen and oxygen atoms in total. The van der Waals surface area contributed by atoms with Crippen molar-refractivity contribution in [3.05, 3.63) is 28.8 Å². The molecule has 1 aliphatic rings. The van der Waals surface area contributed by atoms with Crippen LogP contribution in [0.2, 0.25) is 5.02 Å². The van der Waals surface area contributed by atoms with Crippen molar-refractivity contribution in [2.45, 2.75) is 6.04 Å². The van der Waals surface area contributed by atoms with Gasteiger partial charge in [-0.3, -0.25) is 10.1 Å². The molecule has 92 valence electrons. The maximum absolute atomic E-state index is 11.3. The number of ether oxygens (including phenoxy) is 1. The molecule has 0 radical (unpaired) electrons. The molecule has 0 aromatic heterocycles. The number of carbonyl (C=O) groups excluding carboxylic acids is 2. The van der Waals surface area contributed by atoms with Crippen LogP contribution in [0.4, 0.5) is 4.79 Å². The zero-order valence-corrected chi connectivity index (χ0v) is 10.2. The second-order valence-corrected chi connectivity index (χ2v) is 3.95. The van der Waals surface area contributed by atoms with Gasteiger partial charge in [0.2, 0.25) is 0 Å². The molecule has 1 saturated heterocycles. The molecule has 0 bridgehead atoms. The molecular formula is C12H9ClN2O3. The van der Waals surface area contributed by atoms with E-state index in [1.54, 1.807) is 18.2 Å². The second kappa shape index (κ2) is 4.98. The third kappa shape index (κ3) is 2.55. The van der Waals surface area contributed by atoms with E-state index in [0.717, 1.165) is 0 Å². The maximum Gasteiger partial charge on any atom is 0.322 e. The summed E-state index contributed by atoms with van der Waals surface area (Å²) in [5.74, 6) is 5.50. The average molecular weight is 265 g/mol. The second-order valence-electron chi connectivity index (χ2n) is 3.51. The van der Waals surface area contributed by atoms with Gasteiger partial charge in [-0.1, -0.05) is 23.4 Å². The Kier molecular flexibility index (Phi) is 3.40. The van der Waals surface area contributed by atoms with E-state index in [9.17, 15) is 9.59 Å². The topological polar surface area (TPSA) is 67.4 Å². The van der Waals surface area contributed by atoms with Gasteiger partial charge in [-0.25, -0.2) is 4.79 Å². The van der Waals surface area contributed by atoms with Gasteiger partial charge in [0.1, 0.15) is 5.75 Å². The Hall–Kier alpha value is -2.19. The number of rotatable bonds is 1. The summed E-state index contributed by atoms with van der Waals surface area (Å²) in [6, 6.07) is 3.59. The summed E-state index contributed by atoms with van der Waals surface area (Å²) in [4.78, 5) is 22.2. The summed E-state index contributed by atoms with van der Waals surface area (Å²) in [7, 11) is 1.51. The number of halogens is 1. The summed E-state index contributed by atoms with van der Waals surface area (Å²) < 4.78 is 5.11. The van der Waals surface area contributed by atoms with Crippen LogP contribution < -0.4 is 15.4 Å². The lowest BCUT2D eigenvalue weighted by molar-refractivity contribution is -0.119. The summed E-state index contributed by atoms with van der Waals surface area (Å²) in [5.41, 5.74) is 0.555. The molecular weight excluding hydrogens is 256 g/mol. The van der Waals surface area contributed by atoms with Gasteiger partial charge in [0.15, 0.2) is 6.04 Å². The molecule has 18 heavy (non-hydrogen) atoms. The van der Waals surface area contributed by atoms with Crippen molar-refractivity contribution in [3.63, 3.8) is 0 Å². The Bertz CT molecular complexity index is 574. The van der Waals surface area contributed by atoms with E-state index in [4.69, 9.17) is 16.3 Å². The molecule has 1 atom stereocenters. The molecule has 6 heteroatoms. The first-order valence-corrected chi connectivity index (χ1v) is 5.44. The first-order chi connectivity index (χ1) is 8.60. The Morgan fingerprint density at radius 1 is 1.39 bits per heavy atom. The Morgan fingerprint density at radius 2 is 2.17 bits per heavy atom. The Morgan fingerprint density at radius 3 is 2.78 bits per heavy atom. The van der Waals surface area contributed by atoms with Crippen molar-refractivity contribution in [2.75, 3.05) is 7.11 Å². The van der Waals surface area contributed by atoms with Gasteiger partial charge < -0.3 is 10.1 Å². The van der Waals surface area contributed by atoms with E-state index in [0.29, 0.717) is 16.3 Å². The fourth-order valence-corrected chi connectivity index (χ4v) is 1.62. The highest BCUT2D eigenvalue weighted by Gasteiger charge is 2.27. The molecule has 3 amide bonds. The van der Waals surface area contributed by atoms with Crippen LogP contribution in [0, 0.1) is 11.8 Å². The minimum Gasteiger partial charge on any atom is -0.495 e. The molecule has 2 N–H and O–H groups in total. The average Bonchev–Trinajstić information content (AvgIpc) is 2.65. The van der Waals surface area contributed by atoms with Crippen LogP contribution in [-0.4, -0.2) is 25.1 Å². The van der Waals surface area contributed by atoms with Crippen molar-refractivity contribution < 1.29 is 14.3 Å². The molecule has 0 spiro atoms. The highest BCUT2D eigenvalue weighted by atomic mass is 35.5. The van der Waals surface area contributed by atoms with Gasteiger partial charge in [0.05, 0.1) is 12.7 Å². The third-order valence-electron chi connectivity index (χ3n) is 2.29. The van der Waals surface area contributed by atoms with Crippen molar-refractivity contribution in [1.29, 1.82) is 0 Å². The zero-order chi connectivity index (χ0) is 13.1. The van der Waals surface area contributed by atoms with Crippen molar-refractivity contribution in [3.8, 4) is 17.6 Å². The number of amides is 3. The van der Waals surface area contributed by atoms with Crippen molar-refractivity contribution >= 4 is 23.5 Å². The number of benzene rings is 1. The van der Waals surface area contributed by atoms with E-state index >= 15 is 0 Å². The van der Waals surface area contributed by atoms with Crippen LogP contribution >= 0.6 is 11.6 Å². The fourth-order valence-electron chi connectivity index (χ4n) is 1.45. The van der Waals surface area contributed by atoms with Crippen LogP contribution in [-0.2, 0) is 4.79 Å². The number of methoxy groups -OCH3 is 1. The molecule has 1 heterocycles. The molecule has 1 aromatic carbocycles. The minimum absolute atomic E-state index is 0.464. The predicted octanol–water partition coefficient (Wildman–Crippen LogP) is 0.908. The molecule has 1 aromatic rings. The molecule has 2 rings (SSSR count). The van der Waals surface area contributed by atoms with Gasteiger partial charge in [0, 0.05) is 5.02 Å². The summed E-state index contributed by atoms with van der Waals surface area (Å²) in [5, 5.41) is 4.99. The lowest BCUT2D eigenvalue weighted by Crippen LogP contribution is -2.26. The molecule has 1 aliphatic heterocycles. The smallest absolute Gasteiger partial charge is 0.322 e. The number of carbonyl (C=O) groups is 2. The number of imide groups is 1. The van der Waals surface area contributed by atoms with E-state index in [1.165, 1.54) is 7.11 Å². The Balaban J connectivity index is 2.27. The van der Waals surface area contributed by atoms with E-state index < -0.39 is 18.0 Å². The zero-order valence-electron chi connectivity index (χ0n) is 9.41. The highest BCUT2D eigenvalue weighted by Crippen LogP contribution is 2.21. The van der Waals surface area contributed by atoms with Gasteiger partial charge in [0.25, 0.3) is 5.91 Å². The van der Waals surface area contributed by atoms with Crippen LogP contribution in [0.15, 0.2) is 18.2 Å². The normalized spacial score (nSPS) is 17.6. The monoisotopic (exact) mass is 264 g/mol. The lowest BCUT2D eigenvalue weighted by atomic mass is 10.2. The maximum atomic E-state index is 11.3. The molecule has 1 unspecified atom stereocenters. The summed E-state index contributed by atoms with van der Waals surface area (Å²) in [6.07, 6.45) is 0. The van der Waals surface area contributed by atoms with E-state index in [1.807, 2.05) is 0 Å². The van der Waals surface area contributed by atoms with Crippen LogP contribution in [0.25, 0.3) is 0 Å². The van der Waals surface area contributed by atoms with Crippen molar-refractivity contribution in [1.82, 2.24) is 10.6 Å². The van der Waals surface area contributed by atoms with E-state index in [-0.39, 0.29) is 0 Å². The Labute approximate surface area is 108 Å².